The van der Waals surface area contributed by atoms with Crippen molar-refractivity contribution in [2.75, 3.05) is 12.3 Å². The molecule has 1 aliphatic heterocycles. The van der Waals surface area contributed by atoms with Gasteiger partial charge in [0.1, 0.15) is 5.82 Å². The highest BCUT2D eigenvalue weighted by atomic mass is 32.2. The Kier molecular flexibility index (Phi) is 3.71. The highest BCUT2D eigenvalue weighted by Gasteiger charge is 2.31. The summed E-state index contributed by atoms with van der Waals surface area (Å²) in [7, 11) is 0. The van der Waals surface area contributed by atoms with E-state index in [2.05, 4.69) is 29.0 Å². The Bertz CT molecular complexity index is 406. The van der Waals surface area contributed by atoms with Crippen molar-refractivity contribution in [3.8, 4) is 0 Å². The fourth-order valence-electron chi connectivity index (χ4n) is 1.90. The van der Waals surface area contributed by atoms with Gasteiger partial charge in [0.05, 0.1) is 0 Å². The quantitative estimate of drug-likeness (QED) is 0.865. The van der Waals surface area contributed by atoms with E-state index in [9.17, 15) is 4.79 Å². The van der Waals surface area contributed by atoms with Crippen molar-refractivity contribution >= 4 is 17.7 Å². The van der Waals surface area contributed by atoms with Crippen LogP contribution < -0.4 is 0 Å². The van der Waals surface area contributed by atoms with E-state index in [1.165, 1.54) is 0 Å². The van der Waals surface area contributed by atoms with Gasteiger partial charge in [0, 0.05) is 30.0 Å². The normalized spacial score (nSPS) is 25.0. The van der Waals surface area contributed by atoms with Crippen molar-refractivity contribution in [3.63, 3.8) is 0 Å². The van der Waals surface area contributed by atoms with E-state index >= 15 is 0 Å². The van der Waals surface area contributed by atoms with Gasteiger partial charge >= 0.3 is 0 Å². The zero-order chi connectivity index (χ0) is 12.4. The van der Waals surface area contributed by atoms with Crippen molar-refractivity contribution in [2.45, 2.75) is 38.5 Å². The summed E-state index contributed by atoms with van der Waals surface area (Å²) in [5, 5.41) is 7.24. The monoisotopic (exact) mass is 254 g/mol. The van der Waals surface area contributed by atoms with Crippen LogP contribution in [0.4, 0.5) is 0 Å². The molecule has 0 bridgehead atoms. The van der Waals surface area contributed by atoms with E-state index in [1.54, 1.807) is 0 Å². The van der Waals surface area contributed by atoms with E-state index in [4.69, 9.17) is 0 Å². The van der Waals surface area contributed by atoms with Crippen molar-refractivity contribution in [3.05, 3.63) is 11.6 Å². The summed E-state index contributed by atoms with van der Waals surface area (Å²) in [6.45, 7) is 7.01. The lowest BCUT2D eigenvalue weighted by molar-refractivity contribution is 0.0686. The van der Waals surface area contributed by atoms with Gasteiger partial charge < -0.3 is 4.90 Å². The third-order valence-corrected chi connectivity index (χ3v) is 4.54. The largest absolute Gasteiger partial charge is 0.331 e. The number of aromatic nitrogens is 3. The molecule has 1 aliphatic rings. The summed E-state index contributed by atoms with van der Waals surface area (Å²) in [5.74, 6) is 2.00. The minimum atomic E-state index is -0.0550. The topological polar surface area (TPSA) is 61.9 Å². The van der Waals surface area contributed by atoms with E-state index in [0.717, 1.165) is 24.5 Å². The average molecular weight is 254 g/mol. The summed E-state index contributed by atoms with van der Waals surface area (Å²) in [6, 6.07) is 0.241. The molecule has 1 aromatic rings. The Balaban J connectivity index is 2.13. The molecule has 2 rings (SSSR count). The average Bonchev–Trinajstić information content (AvgIpc) is 2.80. The molecule has 2 heterocycles. The standard InChI is InChI=1S/C11H18N4OS/c1-4-9-12-10(14-13-9)11(16)15-5-6-17-8(3)7(15)2/h7-8H,4-6H2,1-3H3,(H,12,13,14). The first kappa shape index (κ1) is 12.4. The SMILES string of the molecule is CCc1nc(C(=O)N2CCSC(C)C2C)n[nH]1. The number of hydrogen-bond acceptors (Lipinski definition) is 4. The summed E-state index contributed by atoms with van der Waals surface area (Å²) in [6.07, 6.45) is 0.766. The Labute approximate surface area is 105 Å². The molecule has 94 valence electrons. The molecular formula is C11H18N4OS. The number of nitrogens with zero attached hydrogens (tertiary/aromatic N) is 3. The summed E-state index contributed by atoms with van der Waals surface area (Å²) >= 11 is 1.91. The summed E-state index contributed by atoms with van der Waals surface area (Å²) in [5.41, 5.74) is 0. The fraction of sp³-hybridized carbons (Fsp3) is 0.727. The van der Waals surface area contributed by atoms with Crippen LogP contribution in [0.3, 0.4) is 0 Å². The molecule has 0 saturated carbocycles. The molecule has 1 N–H and O–H groups in total. The van der Waals surface area contributed by atoms with Crippen molar-refractivity contribution in [1.82, 2.24) is 20.1 Å². The molecule has 6 heteroatoms. The second-order valence-electron chi connectivity index (χ2n) is 4.27. The minimum Gasteiger partial charge on any atom is -0.331 e. The van der Waals surface area contributed by atoms with Crippen LogP contribution in [0.2, 0.25) is 0 Å². The van der Waals surface area contributed by atoms with Gasteiger partial charge in [-0.15, -0.1) is 5.10 Å². The maximum absolute atomic E-state index is 12.3. The zero-order valence-corrected chi connectivity index (χ0v) is 11.3. The number of aryl methyl sites for hydroxylation is 1. The lowest BCUT2D eigenvalue weighted by Crippen LogP contribution is -2.48. The molecule has 0 radical (unpaired) electrons. The maximum Gasteiger partial charge on any atom is 0.293 e. The molecule has 0 aliphatic carbocycles. The lowest BCUT2D eigenvalue weighted by Gasteiger charge is -2.36. The Morgan fingerprint density at radius 1 is 1.59 bits per heavy atom. The predicted octanol–water partition coefficient (Wildman–Crippen LogP) is 1.33. The van der Waals surface area contributed by atoms with Gasteiger partial charge in [0.15, 0.2) is 0 Å². The van der Waals surface area contributed by atoms with Crippen LogP contribution in [0.5, 0.6) is 0 Å². The van der Waals surface area contributed by atoms with E-state index in [0.29, 0.717) is 11.1 Å². The third kappa shape index (κ3) is 2.46. The van der Waals surface area contributed by atoms with Crippen LogP contribution in [0.25, 0.3) is 0 Å². The van der Waals surface area contributed by atoms with Gasteiger partial charge in [0.25, 0.3) is 5.91 Å². The Morgan fingerprint density at radius 2 is 2.35 bits per heavy atom. The van der Waals surface area contributed by atoms with Crippen LogP contribution in [0.1, 0.15) is 37.2 Å². The molecule has 5 nitrogen and oxygen atoms in total. The van der Waals surface area contributed by atoms with Crippen LogP contribution in [-0.2, 0) is 6.42 Å². The summed E-state index contributed by atoms with van der Waals surface area (Å²) < 4.78 is 0. The molecule has 1 aromatic heterocycles. The third-order valence-electron chi connectivity index (χ3n) is 3.20. The molecule has 1 amide bonds. The van der Waals surface area contributed by atoms with Gasteiger partial charge in [-0.1, -0.05) is 13.8 Å². The molecule has 17 heavy (non-hydrogen) atoms. The number of carbonyl (C=O) groups excluding carboxylic acids is 1. The maximum atomic E-state index is 12.3. The van der Waals surface area contributed by atoms with Crippen LogP contribution >= 0.6 is 11.8 Å². The van der Waals surface area contributed by atoms with Crippen molar-refractivity contribution < 1.29 is 4.79 Å². The first-order valence-corrected chi connectivity index (χ1v) is 7.02. The van der Waals surface area contributed by atoms with Crippen molar-refractivity contribution in [1.29, 1.82) is 0 Å². The van der Waals surface area contributed by atoms with Gasteiger partial charge in [-0.3, -0.25) is 9.89 Å². The van der Waals surface area contributed by atoms with Crippen LogP contribution in [-0.4, -0.2) is 49.6 Å². The van der Waals surface area contributed by atoms with E-state index < -0.39 is 0 Å². The zero-order valence-electron chi connectivity index (χ0n) is 10.4. The number of carbonyl (C=O) groups is 1. The van der Waals surface area contributed by atoms with Crippen LogP contribution in [0.15, 0.2) is 0 Å². The first-order chi connectivity index (χ1) is 8.13. The van der Waals surface area contributed by atoms with Crippen LogP contribution in [0, 0.1) is 0 Å². The second kappa shape index (κ2) is 5.08. The molecule has 1 saturated heterocycles. The number of thioether (sulfide) groups is 1. The number of H-pyrrole nitrogens is 1. The molecule has 0 spiro atoms. The predicted molar refractivity (Wildman–Crippen MR) is 68.2 cm³/mol. The first-order valence-electron chi connectivity index (χ1n) is 5.97. The lowest BCUT2D eigenvalue weighted by atomic mass is 10.2. The number of aromatic amines is 1. The number of nitrogens with one attached hydrogen (secondary N) is 1. The molecule has 0 aromatic carbocycles. The van der Waals surface area contributed by atoms with Gasteiger partial charge in [0.2, 0.25) is 5.82 Å². The van der Waals surface area contributed by atoms with E-state index in [-0.39, 0.29) is 11.9 Å². The Hall–Kier alpha value is -1.04. The van der Waals surface area contributed by atoms with E-state index in [1.807, 2.05) is 23.6 Å². The molecule has 1 fully saturated rings. The summed E-state index contributed by atoms with van der Waals surface area (Å²) in [4.78, 5) is 18.3. The number of hydrogen-bond donors (Lipinski definition) is 1. The molecule has 2 unspecified atom stereocenters. The second-order valence-corrected chi connectivity index (χ2v) is 5.76. The highest BCUT2D eigenvalue weighted by Crippen LogP contribution is 2.24. The highest BCUT2D eigenvalue weighted by molar-refractivity contribution is 8.00. The van der Waals surface area contributed by atoms with Gasteiger partial charge in [-0.2, -0.15) is 11.8 Å². The van der Waals surface area contributed by atoms with Crippen molar-refractivity contribution in [2.24, 2.45) is 0 Å². The molecular weight excluding hydrogens is 236 g/mol. The van der Waals surface area contributed by atoms with Gasteiger partial charge in [-0.25, -0.2) is 4.98 Å². The number of amides is 1. The Morgan fingerprint density at radius 3 is 3.00 bits per heavy atom. The fourth-order valence-corrected chi connectivity index (χ4v) is 3.00. The number of rotatable bonds is 2. The smallest absolute Gasteiger partial charge is 0.293 e. The minimum absolute atomic E-state index is 0.0550. The van der Waals surface area contributed by atoms with Gasteiger partial charge in [-0.05, 0) is 6.92 Å². The molecule has 2 atom stereocenters.